The normalized spacial score (nSPS) is 15.9. The lowest BCUT2D eigenvalue weighted by Gasteiger charge is -2.39. The number of carbonyl (C=O) groups excluding carboxylic acids is 1. The molecule has 0 aromatic carbocycles. The molecular weight excluding hydrogens is 286 g/mol. The fourth-order valence-corrected chi connectivity index (χ4v) is 3.51. The van der Waals surface area contributed by atoms with E-state index in [4.69, 9.17) is 5.73 Å². The van der Waals surface area contributed by atoms with Gasteiger partial charge in [-0.1, -0.05) is 26.3 Å². The summed E-state index contributed by atoms with van der Waals surface area (Å²) >= 11 is 0. The number of aromatic nitrogens is 1. The molecule has 0 aliphatic rings. The van der Waals surface area contributed by atoms with Gasteiger partial charge in [-0.3, -0.25) is 14.7 Å². The predicted molar refractivity (Wildman–Crippen MR) is 96.2 cm³/mol. The van der Waals surface area contributed by atoms with Crippen LogP contribution in [0.15, 0.2) is 24.4 Å². The summed E-state index contributed by atoms with van der Waals surface area (Å²) in [4.78, 5) is 19.4. The molecule has 1 amide bonds. The summed E-state index contributed by atoms with van der Waals surface area (Å²) in [5, 5.41) is 0. The van der Waals surface area contributed by atoms with Crippen LogP contribution in [-0.4, -0.2) is 34.4 Å². The van der Waals surface area contributed by atoms with Gasteiger partial charge >= 0.3 is 0 Å². The standard InChI is InChI=1S/C19H33N3O/c1-7-16(6)19(18(20)23,17-10-8-9-12-21-17)11-13-22(14(2)3)15(4)5/h8-10,12,14-16H,7,11,13H2,1-6H3,(H2,20,23)/t16-,19+/m1/s1. The number of amides is 1. The second kappa shape index (κ2) is 8.44. The first kappa shape index (κ1) is 19.6. The van der Waals surface area contributed by atoms with Gasteiger partial charge in [0.25, 0.3) is 0 Å². The summed E-state index contributed by atoms with van der Waals surface area (Å²) in [6.45, 7) is 13.8. The highest BCUT2D eigenvalue weighted by molar-refractivity contribution is 5.86. The largest absolute Gasteiger partial charge is 0.369 e. The maximum absolute atomic E-state index is 12.5. The maximum Gasteiger partial charge on any atom is 0.230 e. The molecule has 0 radical (unpaired) electrons. The third-order valence-corrected chi connectivity index (χ3v) is 5.11. The third-order valence-electron chi connectivity index (χ3n) is 5.11. The molecule has 0 unspecified atom stereocenters. The van der Waals surface area contributed by atoms with Crippen LogP contribution in [0.25, 0.3) is 0 Å². The van der Waals surface area contributed by atoms with E-state index in [9.17, 15) is 4.79 Å². The molecule has 23 heavy (non-hydrogen) atoms. The Morgan fingerprint density at radius 2 is 1.83 bits per heavy atom. The van der Waals surface area contributed by atoms with Crippen molar-refractivity contribution in [2.75, 3.05) is 6.54 Å². The highest BCUT2D eigenvalue weighted by Crippen LogP contribution is 2.37. The Morgan fingerprint density at radius 3 is 2.22 bits per heavy atom. The molecule has 0 aliphatic carbocycles. The Labute approximate surface area is 141 Å². The first-order chi connectivity index (χ1) is 10.8. The van der Waals surface area contributed by atoms with E-state index < -0.39 is 5.41 Å². The molecule has 0 aliphatic heterocycles. The Hall–Kier alpha value is -1.42. The molecule has 0 spiro atoms. The number of hydrogen-bond donors (Lipinski definition) is 1. The van der Waals surface area contributed by atoms with Crippen LogP contribution >= 0.6 is 0 Å². The fraction of sp³-hybridized carbons (Fsp3) is 0.684. The summed E-state index contributed by atoms with van der Waals surface area (Å²) in [5.41, 5.74) is 6.01. The molecule has 0 bridgehead atoms. The number of nitrogens with two attached hydrogens (primary N) is 1. The molecule has 0 saturated heterocycles. The molecule has 1 rings (SSSR count). The van der Waals surface area contributed by atoms with Crippen LogP contribution in [0.1, 0.15) is 60.1 Å². The topological polar surface area (TPSA) is 59.2 Å². The van der Waals surface area contributed by atoms with Crippen LogP contribution in [-0.2, 0) is 10.2 Å². The fourth-order valence-electron chi connectivity index (χ4n) is 3.51. The molecule has 2 N–H and O–H groups in total. The molecular formula is C19H33N3O. The monoisotopic (exact) mass is 319 g/mol. The minimum Gasteiger partial charge on any atom is -0.369 e. The van der Waals surface area contributed by atoms with Crippen molar-refractivity contribution in [2.45, 2.75) is 71.9 Å². The van der Waals surface area contributed by atoms with Gasteiger partial charge < -0.3 is 5.73 Å². The van der Waals surface area contributed by atoms with Gasteiger partial charge in [0.15, 0.2) is 0 Å². The summed E-state index contributed by atoms with van der Waals surface area (Å²) in [6, 6.07) is 6.61. The van der Waals surface area contributed by atoms with Crippen LogP contribution < -0.4 is 5.73 Å². The zero-order chi connectivity index (χ0) is 17.6. The third kappa shape index (κ3) is 4.31. The summed E-state index contributed by atoms with van der Waals surface area (Å²) in [7, 11) is 0. The lowest BCUT2D eigenvalue weighted by molar-refractivity contribution is -0.126. The first-order valence-electron chi connectivity index (χ1n) is 8.74. The molecule has 4 heteroatoms. The lowest BCUT2D eigenvalue weighted by atomic mass is 9.69. The molecule has 4 nitrogen and oxygen atoms in total. The van der Waals surface area contributed by atoms with Crippen LogP contribution in [0, 0.1) is 5.92 Å². The summed E-state index contributed by atoms with van der Waals surface area (Å²) < 4.78 is 0. The predicted octanol–water partition coefficient (Wildman–Crippen LogP) is 3.36. The van der Waals surface area contributed by atoms with E-state index in [1.807, 2.05) is 18.2 Å². The van der Waals surface area contributed by atoms with Gasteiger partial charge in [-0.25, -0.2) is 0 Å². The Bertz CT molecular complexity index is 479. The SMILES string of the molecule is CC[C@@H](C)[C@](CCN(C(C)C)C(C)C)(C(N)=O)c1ccccn1. The number of hydrogen-bond acceptors (Lipinski definition) is 3. The minimum atomic E-state index is -0.710. The second-order valence-corrected chi connectivity index (χ2v) is 7.04. The Kier molecular flexibility index (Phi) is 7.20. The zero-order valence-electron chi connectivity index (χ0n) is 15.5. The van der Waals surface area contributed by atoms with Crippen LogP contribution in [0.4, 0.5) is 0 Å². The average molecular weight is 319 g/mol. The number of rotatable bonds is 9. The highest BCUT2D eigenvalue weighted by atomic mass is 16.1. The molecule has 2 atom stereocenters. The minimum absolute atomic E-state index is 0.149. The number of primary amides is 1. The van der Waals surface area contributed by atoms with E-state index in [1.165, 1.54) is 0 Å². The van der Waals surface area contributed by atoms with E-state index in [1.54, 1.807) is 6.20 Å². The van der Waals surface area contributed by atoms with Gasteiger partial charge in [0.1, 0.15) is 0 Å². The Morgan fingerprint density at radius 1 is 1.22 bits per heavy atom. The van der Waals surface area contributed by atoms with Gasteiger partial charge in [-0.05, 0) is 52.2 Å². The zero-order valence-corrected chi connectivity index (χ0v) is 15.5. The van der Waals surface area contributed by atoms with E-state index in [0.29, 0.717) is 18.5 Å². The van der Waals surface area contributed by atoms with Gasteiger partial charge in [0.2, 0.25) is 5.91 Å². The van der Waals surface area contributed by atoms with Crippen LogP contribution in [0.3, 0.4) is 0 Å². The van der Waals surface area contributed by atoms with E-state index in [0.717, 1.165) is 18.7 Å². The quantitative estimate of drug-likeness (QED) is 0.759. The molecule has 0 saturated carbocycles. The van der Waals surface area contributed by atoms with Crippen molar-refractivity contribution < 1.29 is 4.79 Å². The van der Waals surface area contributed by atoms with E-state index >= 15 is 0 Å². The van der Waals surface area contributed by atoms with Gasteiger partial charge in [-0.15, -0.1) is 0 Å². The van der Waals surface area contributed by atoms with Crippen molar-refractivity contribution >= 4 is 5.91 Å². The van der Waals surface area contributed by atoms with Crippen molar-refractivity contribution in [1.29, 1.82) is 0 Å². The summed E-state index contributed by atoms with van der Waals surface area (Å²) in [6.07, 6.45) is 3.34. The number of carbonyl (C=O) groups is 1. The van der Waals surface area contributed by atoms with Crippen molar-refractivity contribution in [3.8, 4) is 0 Å². The second-order valence-electron chi connectivity index (χ2n) is 7.04. The Balaban J connectivity index is 3.21. The van der Waals surface area contributed by atoms with Crippen LogP contribution in [0.5, 0.6) is 0 Å². The molecule has 0 fully saturated rings. The van der Waals surface area contributed by atoms with E-state index in [-0.39, 0.29) is 11.8 Å². The van der Waals surface area contributed by atoms with Crippen molar-refractivity contribution in [3.05, 3.63) is 30.1 Å². The smallest absolute Gasteiger partial charge is 0.230 e. The van der Waals surface area contributed by atoms with Gasteiger partial charge in [-0.2, -0.15) is 0 Å². The molecule has 1 aromatic rings. The molecule has 1 heterocycles. The first-order valence-corrected chi connectivity index (χ1v) is 8.74. The maximum atomic E-state index is 12.5. The van der Waals surface area contributed by atoms with E-state index in [2.05, 4.69) is 51.4 Å². The van der Waals surface area contributed by atoms with Gasteiger partial charge in [0.05, 0.1) is 11.1 Å². The molecule has 130 valence electrons. The van der Waals surface area contributed by atoms with Crippen molar-refractivity contribution in [2.24, 2.45) is 11.7 Å². The number of nitrogens with zero attached hydrogens (tertiary/aromatic N) is 2. The highest BCUT2D eigenvalue weighted by Gasteiger charge is 2.44. The van der Waals surface area contributed by atoms with Crippen molar-refractivity contribution in [1.82, 2.24) is 9.88 Å². The molecule has 1 aromatic heterocycles. The van der Waals surface area contributed by atoms with Gasteiger partial charge in [0, 0.05) is 24.8 Å². The van der Waals surface area contributed by atoms with Crippen LogP contribution in [0.2, 0.25) is 0 Å². The number of pyridine rings is 1. The van der Waals surface area contributed by atoms with Crippen molar-refractivity contribution in [3.63, 3.8) is 0 Å². The summed E-state index contributed by atoms with van der Waals surface area (Å²) in [5.74, 6) is -0.117. The lowest BCUT2D eigenvalue weighted by Crippen LogP contribution is -2.50. The average Bonchev–Trinajstić information content (AvgIpc) is 2.50.